The molecule has 120 valence electrons. The highest BCUT2D eigenvalue weighted by atomic mass is 16.1. The van der Waals surface area contributed by atoms with Gasteiger partial charge in [0.2, 0.25) is 5.95 Å². The third-order valence-corrected chi connectivity index (χ3v) is 3.42. The molecule has 1 amide bonds. The van der Waals surface area contributed by atoms with E-state index in [0.29, 0.717) is 11.5 Å². The second kappa shape index (κ2) is 6.91. The van der Waals surface area contributed by atoms with Gasteiger partial charge in [0.1, 0.15) is 0 Å². The fourth-order valence-corrected chi connectivity index (χ4v) is 2.41. The molecule has 5 heteroatoms. The fraction of sp³-hybridized carbons (Fsp3) is 0.105. The van der Waals surface area contributed by atoms with Crippen LogP contribution >= 0.6 is 0 Å². The van der Waals surface area contributed by atoms with E-state index in [1.54, 1.807) is 0 Å². The monoisotopic (exact) mass is 318 g/mol. The summed E-state index contributed by atoms with van der Waals surface area (Å²) in [5, 5.41) is 5.95. The van der Waals surface area contributed by atoms with E-state index in [1.807, 2.05) is 56.3 Å². The molecule has 2 N–H and O–H groups in total. The van der Waals surface area contributed by atoms with Crippen LogP contribution in [0.3, 0.4) is 0 Å². The van der Waals surface area contributed by atoms with Crippen molar-refractivity contribution in [2.45, 2.75) is 13.8 Å². The van der Waals surface area contributed by atoms with E-state index in [4.69, 9.17) is 0 Å². The summed E-state index contributed by atoms with van der Waals surface area (Å²) in [5.74, 6) is 0.218. The Balaban J connectivity index is 1.69. The van der Waals surface area contributed by atoms with Crippen LogP contribution in [0, 0.1) is 13.8 Å². The first-order chi connectivity index (χ1) is 11.6. The van der Waals surface area contributed by atoms with E-state index in [-0.39, 0.29) is 5.91 Å². The molecule has 0 aliphatic carbocycles. The van der Waals surface area contributed by atoms with E-state index >= 15 is 0 Å². The molecule has 0 aliphatic rings. The quantitative estimate of drug-likeness (QED) is 0.760. The smallest absolute Gasteiger partial charge is 0.258 e. The van der Waals surface area contributed by atoms with Gasteiger partial charge in [-0.3, -0.25) is 4.79 Å². The highest BCUT2D eigenvalue weighted by molar-refractivity contribution is 6.04. The van der Waals surface area contributed by atoms with Gasteiger partial charge in [-0.2, -0.15) is 0 Å². The zero-order valence-electron chi connectivity index (χ0n) is 13.6. The fourth-order valence-electron chi connectivity index (χ4n) is 2.41. The number of anilines is 3. The number of carbonyl (C=O) groups excluding carboxylic acids is 1. The van der Waals surface area contributed by atoms with Gasteiger partial charge in [-0.25, -0.2) is 9.97 Å². The number of nitrogens with zero attached hydrogens (tertiary/aromatic N) is 2. The molecule has 24 heavy (non-hydrogen) atoms. The summed E-state index contributed by atoms with van der Waals surface area (Å²) < 4.78 is 0. The number of aryl methyl sites for hydroxylation is 2. The van der Waals surface area contributed by atoms with Crippen molar-refractivity contribution in [1.29, 1.82) is 0 Å². The van der Waals surface area contributed by atoms with Crippen molar-refractivity contribution in [3.8, 4) is 0 Å². The molecule has 0 saturated heterocycles. The Bertz CT molecular complexity index is 825. The number of carbonyl (C=O) groups is 1. The molecule has 1 heterocycles. The normalized spacial score (nSPS) is 10.2. The maximum absolute atomic E-state index is 12.3. The lowest BCUT2D eigenvalue weighted by Gasteiger charge is -2.08. The minimum absolute atomic E-state index is 0.230. The third kappa shape index (κ3) is 3.95. The summed E-state index contributed by atoms with van der Waals surface area (Å²) in [4.78, 5) is 20.7. The van der Waals surface area contributed by atoms with Gasteiger partial charge < -0.3 is 10.6 Å². The Morgan fingerprint density at radius 2 is 1.50 bits per heavy atom. The van der Waals surface area contributed by atoms with Crippen LogP contribution in [0.1, 0.15) is 21.5 Å². The van der Waals surface area contributed by atoms with Crippen molar-refractivity contribution < 1.29 is 4.79 Å². The lowest BCUT2D eigenvalue weighted by molar-refractivity contribution is 0.102. The molecule has 0 bridgehead atoms. The molecule has 2 aromatic carbocycles. The van der Waals surface area contributed by atoms with Crippen LogP contribution in [-0.4, -0.2) is 15.9 Å². The first-order valence-electron chi connectivity index (χ1n) is 7.64. The number of nitrogens with one attached hydrogen (secondary N) is 2. The second-order valence-electron chi connectivity index (χ2n) is 5.62. The van der Waals surface area contributed by atoms with Crippen LogP contribution in [0.25, 0.3) is 0 Å². The van der Waals surface area contributed by atoms with Crippen LogP contribution in [0.4, 0.5) is 17.3 Å². The number of benzene rings is 2. The van der Waals surface area contributed by atoms with Crippen LogP contribution in [-0.2, 0) is 0 Å². The maximum Gasteiger partial charge on any atom is 0.258 e. The van der Waals surface area contributed by atoms with Gasteiger partial charge >= 0.3 is 0 Å². The molecule has 0 aliphatic heterocycles. The molecular formula is C19H18N4O. The number of amides is 1. The van der Waals surface area contributed by atoms with Crippen molar-refractivity contribution in [2.75, 3.05) is 10.6 Å². The zero-order chi connectivity index (χ0) is 16.9. The number of aromatic nitrogens is 2. The van der Waals surface area contributed by atoms with Gasteiger partial charge in [0.15, 0.2) is 0 Å². The highest BCUT2D eigenvalue weighted by Gasteiger charge is 2.08. The Morgan fingerprint density at radius 3 is 2.12 bits per heavy atom. The lowest BCUT2D eigenvalue weighted by Crippen LogP contribution is -2.13. The number of para-hydroxylation sites is 1. The second-order valence-corrected chi connectivity index (χ2v) is 5.62. The minimum atomic E-state index is -0.230. The molecule has 1 aromatic heterocycles. The SMILES string of the molecule is Cc1cc(C)cc(NC(=O)c2cnc(Nc3ccccc3)nc2)c1. The molecule has 3 aromatic rings. The van der Waals surface area contributed by atoms with Gasteiger partial charge in [-0.1, -0.05) is 24.3 Å². The number of rotatable bonds is 4. The largest absolute Gasteiger partial charge is 0.324 e. The van der Waals surface area contributed by atoms with Crippen molar-refractivity contribution in [3.63, 3.8) is 0 Å². The Morgan fingerprint density at radius 1 is 0.875 bits per heavy atom. The predicted molar refractivity (Wildman–Crippen MR) is 95.6 cm³/mol. The summed E-state index contributed by atoms with van der Waals surface area (Å²) in [6, 6.07) is 15.5. The zero-order valence-corrected chi connectivity index (χ0v) is 13.6. The predicted octanol–water partition coefficient (Wildman–Crippen LogP) is 4.09. The topological polar surface area (TPSA) is 66.9 Å². The summed E-state index contributed by atoms with van der Waals surface area (Å²) in [6.45, 7) is 3.99. The standard InChI is InChI=1S/C19H18N4O/c1-13-8-14(2)10-17(9-13)22-18(24)15-11-20-19(21-12-15)23-16-6-4-3-5-7-16/h3-12H,1-2H3,(H,22,24)(H,20,21,23). The van der Waals surface area contributed by atoms with Gasteiger partial charge in [0.05, 0.1) is 5.56 Å². The average molecular weight is 318 g/mol. The van der Waals surface area contributed by atoms with E-state index < -0.39 is 0 Å². The summed E-state index contributed by atoms with van der Waals surface area (Å²) in [5.41, 5.74) is 4.27. The van der Waals surface area contributed by atoms with E-state index in [1.165, 1.54) is 12.4 Å². The minimum Gasteiger partial charge on any atom is -0.324 e. The highest BCUT2D eigenvalue weighted by Crippen LogP contribution is 2.15. The molecule has 0 atom stereocenters. The molecule has 0 spiro atoms. The number of hydrogen-bond acceptors (Lipinski definition) is 4. The molecule has 5 nitrogen and oxygen atoms in total. The molecule has 0 unspecified atom stereocenters. The van der Waals surface area contributed by atoms with Crippen LogP contribution in [0.5, 0.6) is 0 Å². The average Bonchev–Trinajstić information content (AvgIpc) is 2.55. The van der Waals surface area contributed by atoms with Crippen molar-refractivity contribution in [2.24, 2.45) is 0 Å². The van der Waals surface area contributed by atoms with Gasteiger partial charge in [0, 0.05) is 23.8 Å². The van der Waals surface area contributed by atoms with Gasteiger partial charge in [-0.05, 0) is 49.2 Å². The molecule has 0 fully saturated rings. The first-order valence-corrected chi connectivity index (χ1v) is 7.64. The summed E-state index contributed by atoms with van der Waals surface area (Å²) >= 11 is 0. The van der Waals surface area contributed by atoms with Crippen LogP contribution < -0.4 is 10.6 Å². The maximum atomic E-state index is 12.3. The van der Waals surface area contributed by atoms with Crippen molar-refractivity contribution in [3.05, 3.63) is 77.6 Å². The number of hydrogen-bond donors (Lipinski definition) is 2. The van der Waals surface area contributed by atoms with E-state index in [0.717, 1.165) is 22.5 Å². The molecule has 3 rings (SSSR count). The van der Waals surface area contributed by atoms with E-state index in [2.05, 4.69) is 26.7 Å². The van der Waals surface area contributed by atoms with Gasteiger partial charge in [-0.15, -0.1) is 0 Å². The molecular weight excluding hydrogens is 300 g/mol. The molecule has 0 saturated carbocycles. The summed E-state index contributed by atoms with van der Waals surface area (Å²) in [7, 11) is 0. The van der Waals surface area contributed by atoms with Crippen LogP contribution in [0.2, 0.25) is 0 Å². The van der Waals surface area contributed by atoms with Crippen LogP contribution in [0.15, 0.2) is 60.9 Å². The van der Waals surface area contributed by atoms with Gasteiger partial charge in [0.25, 0.3) is 5.91 Å². The molecule has 0 radical (unpaired) electrons. The Hall–Kier alpha value is -3.21. The third-order valence-electron chi connectivity index (χ3n) is 3.42. The Labute approximate surface area is 140 Å². The summed E-state index contributed by atoms with van der Waals surface area (Å²) in [6.07, 6.45) is 3.02. The Kier molecular flexibility index (Phi) is 4.52. The van der Waals surface area contributed by atoms with Crippen molar-refractivity contribution >= 4 is 23.2 Å². The lowest BCUT2D eigenvalue weighted by atomic mass is 10.1. The first kappa shape index (κ1) is 15.7. The van der Waals surface area contributed by atoms with Crippen molar-refractivity contribution in [1.82, 2.24) is 9.97 Å². The van der Waals surface area contributed by atoms with E-state index in [9.17, 15) is 4.79 Å².